The molecule has 1 unspecified atom stereocenters. The van der Waals surface area contributed by atoms with E-state index >= 15 is 0 Å². The molecule has 0 amide bonds. The molecule has 1 radical (unpaired) electrons. The maximum atomic E-state index is 2.57. The molecule has 0 aliphatic heterocycles. The Hall–Kier alpha value is 0.430. The van der Waals surface area contributed by atoms with E-state index in [9.17, 15) is 0 Å². The van der Waals surface area contributed by atoms with Gasteiger partial charge in [0.15, 0.2) is 0 Å². The molecule has 0 aromatic carbocycles. The molecular formula is C4H10P. The third kappa shape index (κ3) is 4.43. The van der Waals surface area contributed by atoms with Gasteiger partial charge in [0.25, 0.3) is 0 Å². The lowest BCUT2D eigenvalue weighted by molar-refractivity contribution is 0.945. The molecule has 0 bridgehead atoms. The standard InChI is InChI=1S/C4H10P/c1-2-3-4-5/h4H,2-3,5H2,1H3. The molecule has 1 heteroatoms. The van der Waals surface area contributed by atoms with Crippen molar-refractivity contribution < 1.29 is 0 Å². The fourth-order valence-electron chi connectivity index (χ4n) is 0.167. The van der Waals surface area contributed by atoms with Gasteiger partial charge in [-0.2, -0.15) is 0 Å². The SMILES string of the molecule is CCC[CH]P. The maximum absolute atomic E-state index is 2.57. The molecule has 0 aliphatic rings. The zero-order chi connectivity index (χ0) is 4.12. The molecular weight excluding hydrogens is 79.0 g/mol. The van der Waals surface area contributed by atoms with Crippen molar-refractivity contribution in [2.75, 3.05) is 0 Å². The van der Waals surface area contributed by atoms with E-state index in [0.29, 0.717) is 0 Å². The summed E-state index contributed by atoms with van der Waals surface area (Å²) in [5.41, 5.74) is 0. The molecule has 5 heavy (non-hydrogen) atoms. The summed E-state index contributed by atoms with van der Waals surface area (Å²) in [6.45, 7) is 2.17. The molecule has 0 spiro atoms. The van der Waals surface area contributed by atoms with Crippen molar-refractivity contribution in [3.63, 3.8) is 0 Å². The summed E-state index contributed by atoms with van der Waals surface area (Å²) < 4.78 is 0. The van der Waals surface area contributed by atoms with E-state index in [1.165, 1.54) is 12.8 Å². The number of rotatable bonds is 2. The Kier molecular flexibility index (Phi) is 4.81. The molecule has 31 valence electrons. The van der Waals surface area contributed by atoms with Gasteiger partial charge in [-0.15, -0.1) is 9.24 Å². The molecule has 1 atom stereocenters. The summed E-state index contributed by atoms with van der Waals surface area (Å²) in [5.74, 6) is 0. The predicted octanol–water partition coefficient (Wildman–Crippen LogP) is 1.82. The van der Waals surface area contributed by atoms with E-state index in [1.54, 1.807) is 0 Å². The van der Waals surface area contributed by atoms with Crippen LogP contribution in [0.4, 0.5) is 0 Å². The van der Waals surface area contributed by atoms with Crippen LogP contribution in [-0.4, -0.2) is 0 Å². The first-order valence-corrected chi connectivity index (χ1v) is 2.62. The first-order chi connectivity index (χ1) is 2.41. The van der Waals surface area contributed by atoms with E-state index in [-0.39, 0.29) is 0 Å². The summed E-state index contributed by atoms with van der Waals surface area (Å²) >= 11 is 0. The maximum Gasteiger partial charge on any atom is -0.0201 e. The number of hydrogen-bond acceptors (Lipinski definition) is 0. The highest BCUT2D eigenvalue weighted by atomic mass is 31.0. The van der Waals surface area contributed by atoms with Crippen LogP contribution in [0.5, 0.6) is 0 Å². The van der Waals surface area contributed by atoms with Crippen molar-refractivity contribution in [3.8, 4) is 0 Å². The second kappa shape index (κ2) is 4.43. The molecule has 0 aromatic heterocycles. The summed E-state index contributed by atoms with van der Waals surface area (Å²) in [6, 6.07) is 0. The molecule has 0 saturated carbocycles. The van der Waals surface area contributed by atoms with Crippen LogP contribution in [0.2, 0.25) is 0 Å². The number of unbranched alkanes of at least 4 members (excludes halogenated alkanes) is 1. The summed E-state index contributed by atoms with van der Waals surface area (Å²) in [4.78, 5) is 0. The van der Waals surface area contributed by atoms with E-state index in [2.05, 4.69) is 22.3 Å². The third-order valence-corrected chi connectivity index (χ3v) is 0.789. The van der Waals surface area contributed by atoms with E-state index in [1.807, 2.05) is 0 Å². The predicted molar refractivity (Wildman–Crippen MR) is 28.9 cm³/mol. The highest BCUT2D eigenvalue weighted by Gasteiger charge is 1.68. The quantitative estimate of drug-likeness (QED) is 0.453. The van der Waals surface area contributed by atoms with Crippen molar-refractivity contribution in [3.05, 3.63) is 6.16 Å². The molecule has 0 saturated heterocycles. The van der Waals surface area contributed by atoms with Crippen LogP contribution < -0.4 is 0 Å². The normalized spacial score (nSPS) is 8.40. The van der Waals surface area contributed by atoms with Crippen molar-refractivity contribution in [1.82, 2.24) is 0 Å². The molecule has 0 N–H and O–H groups in total. The summed E-state index contributed by atoms with van der Waals surface area (Å²) in [5, 5.41) is 0. The van der Waals surface area contributed by atoms with Crippen molar-refractivity contribution in [1.29, 1.82) is 0 Å². The average Bonchev–Trinajstić information content (AvgIpc) is 1.41. The lowest BCUT2D eigenvalue weighted by atomic mass is 10.4. The third-order valence-electron chi connectivity index (χ3n) is 0.455. The first-order valence-electron chi connectivity index (χ1n) is 1.95. The van der Waals surface area contributed by atoms with Gasteiger partial charge in [0, 0.05) is 0 Å². The Morgan fingerprint density at radius 2 is 2.40 bits per heavy atom. The molecule has 0 fully saturated rings. The molecule has 0 aromatic rings. The highest BCUT2D eigenvalue weighted by molar-refractivity contribution is 7.19. The monoisotopic (exact) mass is 89.1 g/mol. The highest BCUT2D eigenvalue weighted by Crippen LogP contribution is 1.96. The Bertz CT molecular complexity index is 11.1. The summed E-state index contributed by atoms with van der Waals surface area (Å²) in [6.07, 6.45) is 4.59. The van der Waals surface area contributed by atoms with Gasteiger partial charge in [-0.1, -0.05) is 13.3 Å². The van der Waals surface area contributed by atoms with Crippen LogP contribution in [0.3, 0.4) is 0 Å². The Labute approximate surface area is 36.2 Å². The first kappa shape index (κ1) is 5.43. The van der Waals surface area contributed by atoms with Gasteiger partial charge < -0.3 is 0 Å². The lowest BCUT2D eigenvalue weighted by Gasteiger charge is -1.78. The molecule has 0 heterocycles. The topological polar surface area (TPSA) is 0 Å². The van der Waals surface area contributed by atoms with Crippen LogP contribution in [0.15, 0.2) is 0 Å². The van der Waals surface area contributed by atoms with Gasteiger partial charge in [0.1, 0.15) is 0 Å². The van der Waals surface area contributed by atoms with E-state index in [4.69, 9.17) is 0 Å². The van der Waals surface area contributed by atoms with E-state index in [0.717, 1.165) is 0 Å². The number of hydrogen-bond donors (Lipinski definition) is 0. The minimum atomic E-state index is 1.23. The van der Waals surface area contributed by atoms with Crippen LogP contribution >= 0.6 is 9.24 Å². The van der Waals surface area contributed by atoms with Gasteiger partial charge >= 0.3 is 0 Å². The van der Waals surface area contributed by atoms with Crippen LogP contribution in [0.25, 0.3) is 0 Å². The van der Waals surface area contributed by atoms with Crippen molar-refractivity contribution >= 4 is 9.24 Å². The Balaban J connectivity index is 2.19. The largest absolute Gasteiger partial charge is 0.134 e. The fourth-order valence-corrected chi connectivity index (χ4v) is 0.500. The zero-order valence-electron chi connectivity index (χ0n) is 3.57. The van der Waals surface area contributed by atoms with Crippen LogP contribution in [0, 0.1) is 6.16 Å². The van der Waals surface area contributed by atoms with Gasteiger partial charge in [0.2, 0.25) is 0 Å². The lowest BCUT2D eigenvalue weighted by Crippen LogP contribution is -1.56. The second-order valence-corrected chi connectivity index (χ2v) is 1.50. The average molecular weight is 89.1 g/mol. The van der Waals surface area contributed by atoms with Gasteiger partial charge in [-0.25, -0.2) is 0 Å². The van der Waals surface area contributed by atoms with Crippen molar-refractivity contribution in [2.24, 2.45) is 0 Å². The smallest absolute Gasteiger partial charge is 0.0201 e. The summed E-state index contributed by atoms with van der Waals surface area (Å²) in [7, 11) is 2.57. The van der Waals surface area contributed by atoms with Crippen LogP contribution in [-0.2, 0) is 0 Å². The second-order valence-electron chi connectivity index (χ2n) is 1.02. The zero-order valence-corrected chi connectivity index (χ0v) is 4.72. The minimum absolute atomic E-state index is 1.23. The Morgan fingerprint density at radius 3 is 2.40 bits per heavy atom. The van der Waals surface area contributed by atoms with E-state index < -0.39 is 0 Å². The molecule has 0 rings (SSSR count). The minimum Gasteiger partial charge on any atom is -0.134 e. The van der Waals surface area contributed by atoms with Gasteiger partial charge in [0.05, 0.1) is 0 Å². The van der Waals surface area contributed by atoms with Gasteiger partial charge in [-0.3, -0.25) is 0 Å². The Morgan fingerprint density at radius 1 is 1.80 bits per heavy atom. The fraction of sp³-hybridized carbons (Fsp3) is 0.750. The molecule has 0 aliphatic carbocycles. The van der Waals surface area contributed by atoms with Crippen LogP contribution in [0.1, 0.15) is 19.8 Å². The molecule has 0 nitrogen and oxygen atoms in total. The van der Waals surface area contributed by atoms with Crippen molar-refractivity contribution in [2.45, 2.75) is 19.8 Å². The van der Waals surface area contributed by atoms with Gasteiger partial charge in [-0.05, 0) is 12.6 Å².